The van der Waals surface area contributed by atoms with E-state index in [-0.39, 0.29) is 36.3 Å². The zero-order valence-corrected chi connectivity index (χ0v) is 24.5. The number of carbonyl (C=O) groups is 3. The molecule has 0 aliphatic heterocycles. The smallest absolute Gasteiger partial charge is 0.469 e. The van der Waals surface area contributed by atoms with E-state index in [0.29, 0.717) is 38.6 Å². The van der Waals surface area contributed by atoms with Crippen molar-refractivity contribution in [1.29, 1.82) is 0 Å². The van der Waals surface area contributed by atoms with E-state index in [2.05, 4.69) is 27.3 Å². The highest BCUT2D eigenvalue weighted by Gasteiger charge is 2.29. The van der Waals surface area contributed by atoms with Gasteiger partial charge in [-0.3, -0.25) is 14.4 Å². The van der Waals surface area contributed by atoms with E-state index in [1.807, 2.05) is 33.1 Å². The maximum atomic E-state index is 12.9. The van der Waals surface area contributed by atoms with Crippen LogP contribution in [-0.4, -0.2) is 71.7 Å². The average Bonchev–Trinajstić information content (AvgIpc) is 2.87. The Bertz CT molecular complexity index is 739. The Labute approximate surface area is 233 Å². The van der Waals surface area contributed by atoms with E-state index in [9.17, 15) is 34.5 Å². The van der Waals surface area contributed by atoms with Crippen LogP contribution >= 0.6 is 0 Å². The molecule has 226 valence electrons. The third kappa shape index (κ3) is 20.9. The first kappa shape index (κ1) is 38.4. The molecule has 0 fully saturated rings. The van der Waals surface area contributed by atoms with Crippen molar-refractivity contribution in [2.45, 2.75) is 110 Å². The van der Waals surface area contributed by atoms with Crippen LogP contribution in [0.5, 0.6) is 0 Å². The third-order valence-corrected chi connectivity index (χ3v) is 5.70. The second-order valence-electron chi connectivity index (χ2n) is 9.48. The molecule has 0 aromatic carbocycles. The largest absolute Gasteiger partial charge is 0.475 e. The zero-order chi connectivity index (χ0) is 30.4. The van der Waals surface area contributed by atoms with Gasteiger partial charge in [0.05, 0.1) is 18.7 Å². The summed E-state index contributed by atoms with van der Waals surface area (Å²) >= 11 is 0. The predicted octanol–water partition coefficient (Wildman–Crippen LogP) is 1.61. The van der Waals surface area contributed by atoms with Crippen LogP contribution < -0.4 is 21.4 Å². The molecule has 0 spiro atoms. The monoisotopic (exact) mass is 559 g/mol. The molecule has 0 aromatic heterocycles. The van der Waals surface area contributed by atoms with Crippen molar-refractivity contribution in [1.82, 2.24) is 21.4 Å². The topological polar surface area (TPSA) is 192 Å². The molecule has 0 aliphatic carbocycles. The number of unbranched alkanes of at least 4 members (excludes halogenated alkanes) is 3. The minimum Gasteiger partial charge on any atom is -0.469 e. The minimum atomic E-state index is -1.74. The summed E-state index contributed by atoms with van der Waals surface area (Å²) in [7, 11) is -0.401. The summed E-state index contributed by atoms with van der Waals surface area (Å²) < 4.78 is 4.59. The Morgan fingerprint density at radius 2 is 1.59 bits per heavy atom. The van der Waals surface area contributed by atoms with E-state index in [1.165, 1.54) is 7.11 Å². The molecule has 0 aromatic rings. The van der Waals surface area contributed by atoms with E-state index in [1.54, 1.807) is 6.92 Å². The standard InChI is InChI=1S/C23H44BN5O8.C2H6/c1-16(2)15-20(24(33)34)27-23(32)19(11-10-14-25-17(3)18(4)28-29(35)36)26-21(30)12-8-6-7-9-13-22(31)37-5;1-2/h16-17,19-20,25,28,33-34H,4,6-15H2,1-3,5H3,(H,26,30)(H,27,32);1-2H3/t17?,19-,20?;/m0./s1. The molecular weight excluding hydrogens is 509 g/mol. The Balaban J connectivity index is 0. The van der Waals surface area contributed by atoms with Crippen molar-refractivity contribution >= 4 is 24.9 Å². The zero-order valence-electron chi connectivity index (χ0n) is 24.5. The number of nitro groups is 1. The van der Waals surface area contributed by atoms with Gasteiger partial charge in [0.15, 0.2) is 5.03 Å². The number of rotatable bonds is 21. The minimum absolute atomic E-state index is 0.103. The predicted molar refractivity (Wildman–Crippen MR) is 151 cm³/mol. The molecule has 6 N–H and O–H groups in total. The van der Waals surface area contributed by atoms with E-state index < -0.39 is 36.1 Å². The lowest BCUT2D eigenvalue weighted by molar-refractivity contribution is -0.536. The van der Waals surface area contributed by atoms with Crippen LogP contribution in [0.1, 0.15) is 92.4 Å². The fourth-order valence-corrected chi connectivity index (χ4v) is 3.55. The Hall–Kier alpha value is -2.71. The molecule has 0 saturated heterocycles. The van der Waals surface area contributed by atoms with E-state index in [4.69, 9.17) is 0 Å². The first-order valence-electron chi connectivity index (χ1n) is 13.7. The highest BCUT2D eigenvalue weighted by molar-refractivity contribution is 6.43. The average molecular weight is 560 g/mol. The van der Waals surface area contributed by atoms with Gasteiger partial charge in [-0.25, -0.2) is 10.1 Å². The Morgan fingerprint density at radius 3 is 2.10 bits per heavy atom. The van der Waals surface area contributed by atoms with Crippen LogP contribution in [0, 0.1) is 16.0 Å². The number of amides is 2. The number of hydrogen-bond donors (Lipinski definition) is 6. The number of ether oxygens (including phenoxy) is 1. The third-order valence-electron chi connectivity index (χ3n) is 5.70. The summed E-state index contributed by atoms with van der Waals surface area (Å²) in [6.45, 7) is 13.5. The van der Waals surface area contributed by atoms with Gasteiger partial charge in [0.1, 0.15) is 6.04 Å². The van der Waals surface area contributed by atoms with Crippen molar-refractivity contribution in [3.05, 3.63) is 22.4 Å². The second-order valence-corrected chi connectivity index (χ2v) is 9.48. The number of hydrazine groups is 1. The number of nitrogens with one attached hydrogen (secondary N) is 4. The van der Waals surface area contributed by atoms with Crippen LogP contribution in [-0.2, 0) is 19.1 Å². The van der Waals surface area contributed by atoms with Crippen molar-refractivity contribution in [3.63, 3.8) is 0 Å². The number of nitrogens with zero attached hydrogens (tertiary/aromatic N) is 1. The molecule has 0 radical (unpaired) electrons. The van der Waals surface area contributed by atoms with Gasteiger partial charge in [-0.05, 0) is 51.5 Å². The highest BCUT2D eigenvalue weighted by atomic mass is 16.7. The Kier molecular flexibility index (Phi) is 22.9. The van der Waals surface area contributed by atoms with Crippen LogP contribution in [0.4, 0.5) is 0 Å². The molecule has 3 atom stereocenters. The fraction of sp³-hybridized carbons (Fsp3) is 0.800. The van der Waals surface area contributed by atoms with E-state index in [0.717, 1.165) is 12.8 Å². The van der Waals surface area contributed by atoms with Gasteiger partial charge in [-0.1, -0.05) is 47.1 Å². The number of carbonyl (C=O) groups excluding carboxylic acids is 3. The van der Waals surface area contributed by atoms with E-state index >= 15 is 0 Å². The van der Waals surface area contributed by atoms with Crippen LogP contribution in [0.15, 0.2) is 12.3 Å². The van der Waals surface area contributed by atoms with Crippen molar-refractivity contribution in [2.75, 3.05) is 13.7 Å². The van der Waals surface area contributed by atoms with Crippen LogP contribution in [0.2, 0.25) is 0 Å². The molecule has 39 heavy (non-hydrogen) atoms. The van der Waals surface area contributed by atoms with Gasteiger partial charge >= 0.3 is 13.1 Å². The molecule has 2 amide bonds. The number of hydrogen-bond acceptors (Lipinski definition) is 9. The molecular formula is C25H50BN5O8. The quantitative estimate of drug-likeness (QED) is 0.0396. The first-order valence-corrected chi connectivity index (χ1v) is 13.7. The molecule has 0 heterocycles. The van der Waals surface area contributed by atoms with Gasteiger partial charge in [-0.2, -0.15) is 0 Å². The highest BCUT2D eigenvalue weighted by Crippen LogP contribution is 2.09. The SMILES string of the molecule is C=C(N[N+](=O)[O-])C(C)NCCC[C@H](NC(=O)CCCCCCC(=O)OC)C(=O)NC(CC(C)C)B(O)O.CC. The summed E-state index contributed by atoms with van der Waals surface area (Å²) in [5, 5.41) is 37.6. The lowest BCUT2D eigenvalue weighted by Crippen LogP contribution is -2.54. The molecule has 0 aliphatic rings. The maximum absolute atomic E-state index is 12.9. The van der Waals surface area contributed by atoms with Crippen LogP contribution in [0.25, 0.3) is 0 Å². The molecule has 2 unspecified atom stereocenters. The summed E-state index contributed by atoms with van der Waals surface area (Å²) in [6.07, 6.45) is 4.41. The van der Waals surface area contributed by atoms with Gasteiger partial charge in [-0.15, -0.1) is 5.43 Å². The maximum Gasteiger partial charge on any atom is 0.475 e. The lowest BCUT2D eigenvalue weighted by Gasteiger charge is -2.24. The van der Waals surface area contributed by atoms with Gasteiger partial charge < -0.3 is 30.7 Å². The van der Waals surface area contributed by atoms with Crippen molar-refractivity contribution < 1.29 is 34.2 Å². The molecule has 13 nitrogen and oxygen atoms in total. The fourth-order valence-electron chi connectivity index (χ4n) is 3.55. The van der Waals surface area contributed by atoms with Crippen molar-refractivity contribution in [3.8, 4) is 0 Å². The number of esters is 1. The second kappa shape index (κ2) is 23.2. The van der Waals surface area contributed by atoms with Crippen molar-refractivity contribution in [2.24, 2.45) is 5.92 Å². The van der Waals surface area contributed by atoms with Crippen LogP contribution in [0.3, 0.4) is 0 Å². The lowest BCUT2D eigenvalue weighted by atomic mass is 9.75. The molecule has 14 heteroatoms. The Morgan fingerprint density at radius 1 is 1.00 bits per heavy atom. The molecule has 0 saturated carbocycles. The van der Waals surface area contributed by atoms with Gasteiger partial charge in [0.25, 0.3) is 0 Å². The molecule has 0 rings (SSSR count). The number of methoxy groups -OCH3 is 1. The molecule has 0 bridgehead atoms. The summed E-state index contributed by atoms with van der Waals surface area (Å²) in [4.78, 5) is 47.1. The van der Waals surface area contributed by atoms with Gasteiger partial charge in [0, 0.05) is 18.9 Å². The normalized spacial score (nSPS) is 12.7. The first-order chi connectivity index (χ1) is 18.4. The summed E-state index contributed by atoms with van der Waals surface area (Å²) in [5.74, 6) is -1.86. The van der Waals surface area contributed by atoms with Gasteiger partial charge in [0.2, 0.25) is 11.8 Å². The summed E-state index contributed by atoms with van der Waals surface area (Å²) in [6, 6.07) is -1.29. The summed E-state index contributed by atoms with van der Waals surface area (Å²) in [5.41, 5.74) is 2.19.